The molecule has 4 nitrogen and oxygen atoms in total. The number of fused-ring (bicyclic) bond motifs is 5. The quantitative estimate of drug-likeness (QED) is 0.562. The molecule has 0 spiro atoms. The molecule has 0 saturated heterocycles. The Morgan fingerprint density at radius 2 is 1.90 bits per heavy atom. The molecule has 3 aliphatic rings. The van der Waals surface area contributed by atoms with Crippen LogP contribution in [0.25, 0.3) is 11.0 Å². The molecule has 0 fully saturated rings. The van der Waals surface area contributed by atoms with Gasteiger partial charge in [-0.2, -0.15) is 0 Å². The molecule has 0 amide bonds. The Morgan fingerprint density at radius 3 is 2.83 bits per heavy atom. The molecular weight excluding hydrogens is 362 g/mol. The van der Waals surface area contributed by atoms with E-state index in [9.17, 15) is 4.79 Å². The molecule has 2 aromatic carbocycles. The van der Waals surface area contributed by atoms with E-state index in [0.29, 0.717) is 18.4 Å². The van der Waals surface area contributed by atoms with Crippen molar-refractivity contribution in [3.63, 3.8) is 0 Å². The molecule has 1 aromatic heterocycles. The first kappa shape index (κ1) is 17.3. The standard InChI is InChI=1S/C25H25NO3/c1-15-23-17(12-21-19-9-5-10-20(19)25(27)29-24(15)21)13-26(14-28-23)22-11-4-7-16-6-2-3-8-18(16)22/h2-3,6,8,12,22H,4-5,7,9-11,13-14H2,1H3. The SMILES string of the molecule is Cc1c2c(cc3c4c(c(=O)oc13)CCC4)CN(C1CCCc3ccccc31)CO2. The highest BCUT2D eigenvalue weighted by Gasteiger charge is 2.31. The zero-order chi connectivity index (χ0) is 19.5. The predicted octanol–water partition coefficient (Wildman–Crippen LogP) is 4.82. The van der Waals surface area contributed by atoms with Gasteiger partial charge in [0.15, 0.2) is 0 Å². The van der Waals surface area contributed by atoms with Gasteiger partial charge < -0.3 is 9.15 Å². The van der Waals surface area contributed by atoms with Crippen molar-refractivity contribution >= 4 is 11.0 Å². The lowest BCUT2D eigenvalue weighted by atomic mass is 9.86. The lowest BCUT2D eigenvalue weighted by Gasteiger charge is -2.39. The van der Waals surface area contributed by atoms with Gasteiger partial charge >= 0.3 is 5.63 Å². The summed E-state index contributed by atoms with van der Waals surface area (Å²) in [5.74, 6) is 0.902. The van der Waals surface area contributed by atoms with Crippen LogP contribution in [0.1, 0.15) is 58.7 Å². The number of aryl methyl sites for hydroxylation is 3. The molecule has 3 aromatic rings. The van der Waals surface area contributed by atoms with Crippen LogP contribution >= 0.6 is 0 Å². The fraction of sp³-hybridized carbons (Fsp3) is 0.400. The van der Waals surface area contributed by atoms with Gasteiger partial charge in [0, 0.05) is 34.7 Å². The third kappa shape index (κ3) is 2.58. The third-order valence-electron chi connectivity index (χ3n) is 7.05. The van der Waals surface area contributed by atoms with Crippen LogP contribution in [-0.2, 0) is 25.8 Å². The summed E-state index contributed by atoms with van der Waals surface area (Å²) in [6.45, 7) is 3.48. The van der Waals surface area contributed by atoms with Crippen LogP contribution in [0.4, 0.5) is 0 Å². The average Bonchev–Trinajstić information content (AvgIpc) is 3.25. The minimum absolute atomic E-state index is 0.163. The molecular formula is C25H25NO3. The van der Waals surface area contributed by atoms with E-state index < -0.39 is 0 Å². The van der Waals surface area contributed by atoms with Crippen LogP contribution in [0.15, 0.2) is 39.5 Å². The van der Waals surface area contributed by atoms with Gasteiger partial charge in [-0.05, 0) is 68.2 Å². The van der Waals surface area contributed by atoms with Crippen molar-refractivity contribution in [1.82, 2.24) is 4.90 Å². The van der Waals surface area contributed by atoms with Crippen LogP contribution < -0.4 is 10.4 Å². The number of ether oxygens (including phenoxy) is 1. The van der Waals surface area contributed by atoms with Gasteiger partial charge in [0.2, 0.25) is 0 Å². The van der Waals surface area contributed by atoms with Gasteiger partial charge in [-0.25, -0.2) is 4.79 Å². The van der Waals surface area contributed by atoms with Crippen LogP contribution in [0, 0.1) is 6.92 Å². The fourth-order valence-corrected chi connectivity index (χ4v) is 5.67. The number of benzene rings is 2. The molecule has 2 aliphatic carbocycles. The maximum absolute atomic E-state index is 12.4. The van der Waals surface area contributed by atoms with E-state index in [1.807, 2.05) is 6.92 Å². The van der Waals surface area contributed by atoms with Crippen LogP contribution in [0.3, 0.4) is 0 Å². The van der Waals surface area contributed by atoms with Gasteiger partial charge in [0.25, 0.3) is 0 Å². The molecule has 148 valence electrons. The third-order valence-corrected chi connectivity index (χ3v) is 7.05. The second-order valence-electron chi connectivity index (χ2n) is 8.69. The van der Waals surface area contributed by atoms with E-state index in [0.717, 1.165) is 48.1 Å². The van der Waals surface area contributed by atoms with Crippen molar-refractivity contribution in [3.8, 4) is 5.75 Å². The second kappa shape index (κ2) is 6.46. The van der Waals surface area contributed by atoms with Gasteiger partial charge in [-0.15, -0.1) is 0 Å². The Bertz CT molecular complexity index is 1190. The molecule has 6 rings (SSSR count). The van der Waals surface area contributed by atoms with Crippen molar-refractivity contribution in [2.45, 2.75) is 58.0 Å². The van der Waals surface area contributed by atoms with Gasteiger partial charge in [-0.3, -0.25) is 4.90 Å². The van der Waals surface area contributed by atoms with Gasteiger partial charge in [0.1, 0.15) is 18.1 Å². The molecule has 1 unspecified atom stereocenters. The van der Waals surface area contributed by atoms with E-state index in [1.54, 1.807) is 0 Å². The van der Waals surface area contributed by atoms with Crippen LogP contribution in [-0.4, -0.2) is 11.6 Å². The number of rotatable bonds is 1. The van der Waals surface area contributed by atoms with Crippen molar-refractivity contribution in [2.24, 2.45) is 0 Å². The van der Waals surface area contributed by atoms with E-state index in [-0.39, 0.29) is 5.63 Å². The second-order valence-corrected chi connectivity index (χ2v) is 8.69. The highest BCUT2D eigenvalue weighted by Crippen LogP contribution is 2.41. The summed E-state index contributed by atoms with van der Waals surface area (Å²) < 4.78 is 12.0. The van der Waals surface area contributed by atoms with Crippen molar-refractivity contribution in [3.05, 3.63) is 74.1 Å². The van der Waals surface area contributed by atoms with E-state index in [1.165, 1.54) is 41.5 Å². The highest BCUT2D eigenvalue weighted by atomic mass is 16.5. The van der Waals surface area contributed by atoms with Gasteiger partial charge in [-0.1, -0.05) is 24.3 Å². The minimum Gasteiger partial charge on any atom is -0.477 e. The largest absolute Gasteiger partial charge is 0.477 e. The Labute approximate surface area is 170 Å². The van der Waals surface area contributed by atoms with Gasteiger partial charge in [0.05, 0.1) is 0 Å². The maximum atomic E-state index is 12.4. The Balaban J connectivity index is 1.44. The zero-order valence-electron chi connectivity index (χ0n) is 16.8. The molecule has 29 heavy (non-hydrogen) atoms. The zero-order valence-corrected chi connectivity index (χ0v) is 16.8. The normalized spacial score (nSPS) is 20.8. The first-order chi connectivity index (χ1) is 14.2. The van der Waals surface area contributed by atoms with Crippen LogP contribution in [0.5, 0.6) is 5.75 Å². The summed E-state index contributed by atoms with van der Waals surface area (Å²) in [7, 11) is 0. The minimum atomic E-state index is -0.163. The summed E-state index contributed by atoms with van der Waals surface area (Å²) in [5.41, 5.74) is 7.74. The summed E-state index contributed by atoms with van der Waals surface area (Å²) in [6.07, 6.45) is 6.41. The Morgan fingerprint density at radius 1 is 1.03 bits per heavy atom. The van der Waals surface area contributed by atoms with E-state index >= 15 is 0 Å². The van der Waals surface area contributed by atoms with Crippen molar-refractivity contribution < 1.29 is 9.15 Å². The molecule has 0 saturated carbocycles. The maximum Gasteiger partial charge on any atom is 0.339 e. The molecule has 4 heteroatoms. The first-order valence-electron chi connectivity index (χ1n) is 10.8. The molecule has 0 N–H and O–H groups in total. The average molecular weight is 387 g/mol. The topological polar surface area (TPSA) is 42.7 Å². The smallest absolute Gasteiger partial charge is 0.339 e. The van der Waals surface area contributed by atoms with E-state index in [4.69, 9.17) is 9.15 Å². The van der Waals surface area contributed by atoms with Crippen molar-refractivity contribution in [1.29, 1.82) is 0 Å². The van der Waals surface area contributed by atoms with Crippen molar-refractivity contribution in [2.75, 3.05) is 6.73 Å². The molecule has 1 atom stereocenters. The van der Waals surface area contributed by atoms with E-state index in [2.05, 4.69) is 35.2 Å². The predicted molar refractivity (Wildman–Crippen MR) is 112 cm³/mol. The lowest BCUT2D eigenvalue weighted by molar-refractivity contribution is 0.0475. The number of hydrogen-bond donors (Lipinski definition) is 0. The Kier molecular flexibility index (Phi) is 3.85. The van der Waals surface area contributed by atoms with Crippen LogP contribution in [0.2, 0.25) is 0 Å². The molecule has 0 bridgehead atoms. The Hall–Kier alpha value is -2.59. The molecule has 1 aliphatic heterocycles. The molecule has 2 heterocycles. The number of nitrogens with zero attached hydrogens (tertiary/aromatic N) is 1. The number of hydrogen-bond acceptors (Lipinski definition) is 4. The summed E-state index contributed by atoms with van der Waals surface area (Å²) in [6, 6.07) is 11.5. The summed E-state index contributed by atoms with van der Waals surface area (Å²) in [5, 5.41) is 1.11. The first-order valence-corrected chi connectivity index (χ1v) is 10.8. The highest BCUT2D eigenvalue weighted by molar-refractivity contribution is 5.87. The lowest BCUT2D eigenvalue weighted by Crippen LogP contribution is -2.37. The fourth-order valence-electron chi connectivity index (χ4n) is 5.67. The summed E-state index contributed by atoms with van der Waals surface area (Å²) >= 11 is 0. The summed E-state index contributed by atoms with van der Waals surface area (Å²) in [4.78, 5) is 14.9. The monoisotopic (exact) mass is 387 g/mol. The molecule has 0 radical (unpaired) electrons.